The van der Waals surface area contributed by atoms with Crippen molar-refractivity contribution >= 4 is 17.7 Å². The number of nitrogens with zero attached hydrogens (tertiary/aromatic N) is 1. The SMILES string of the molecule is COC(=O)c1ccc(NC(=O)N2CCc3cc(OC)c(OC)cc3C2)cc1. The van der Waals surface area contributed by atoms with Gasteiger partial charge in [-0.2, -0.15) is 0 Å². The van der Waals surface area contributed by atoms with Crippen LogP contribution in [0.4, 0.5) is 10.5 Å². The minimum Gasteiger partial charge on any atom is -0.493 e. The second-order valence-corrected chi connectivity index (χ2v) is 6.15. The summed E-state index contributed by atoms with van der Waals surface area (Å²) in [4.78, 5) is 25.8. The van der Waals surface area contributed by atoms with Gasteiger partial charge in [-0.3, -0.25) is 0 Å². The maximum absolute atomic E-state index is 12.6. The number of urea groups is 1. The van der Waals surface area contributed by atoms with Crippen molar-refractivity contribution < 1.29 is 23.8 Å². The molecule has 2 amide bonds. The van der Waals surface area contributed by atoms with Crippen molar-refractivity contribution in [2.45, 2.75) is 13.0 Å². The number of hydrogen-bond acceptors (Lipinski definition) is 5. The highest BCUT2D eigenvalue weighted by Crippen LogP contribution is 2.33. The molecule has 142 valence electrons. The van der Waals surface area contributed by atoms with Crippen LogP contribution < -0.4 is 14.8 Å². The molecule has 0 spiro atoms. The fraction of sp³-hybridized carbons (Fsp3) is 0.300. The minimum atomic E-state index is -0.412. The summed E-state index contributed by atoms with van der Waals surface area (Å²) < 4.78 is 15.4. The average Bonchev–Trinajstić information content (AvgIpc) is 2.72. The second-order valence-electron chi connectivity index (χ2n) is 6.15. The van der Waals surface area contributed by atoms with E-state index < -0.39 is 5.97 Å². The van der Waals surface area contributed by atoms with Crippen molar-refractivity contribution in [1.29, 1.82) is 0 Å². The lowest BCUT2D eigenvalue weighted by Gasteiger charge is -2.29. The first-order chi connectivity index (χ1) is 13.0. The van der Waals surface area contributed by atoms with Crippen molar-refractivity contribution in [2.24, 2.45) is 0 Å². The van der Waals surface area contributed by atoms with Crippen LogP contribution in [0.3, 0.4) is 0 Å². The monoisotopic (exact) mass is 370 g/mol. The Morgan fingerprint density at radius 3 is 2.19 bits per heavy atom. The summed E-state index contributed by atoms with van der Waals surface area (Å²) in [6.07, 6.45) is 0.740. The van der Waals surface area contributed by atoms with Gasteiger partial charge in [-0.1, -0.05) is 0 Å². The molecule has 0 unspecified atom stereocenters. The lowest BCUT2D eigenvalue weighted by Crippen LogP contribution is -2.38. The van der Waals surface area contributed by atoms with Crippen molar-refractivity contribution in [3.63, 3.8) is 0 Å². The van der Waals surface area contributed by atoms with Crippen molar-refractivity contribution in [3.05, 3.63) is 53.1 Å². The smallest absolute Gasteiger partial charge is 0.337 e. The molecule has 27 heavy (non-hydrogen) atoms. The lowest BCUT2D eigenvalue weighted by atomic mass is 9.99. The van der Waals surface area contributed by atoms with E-state index in [2.05, 4.69) is 10.1 Å². The highest BCUT2D eigenvalue weighted by atomic mass is 16.5. The number of benzene rings is 2. The molecule has 0 radical (unpaired) electrons. The number of nitrogens with one attached hydrogen (secondary N) is 1. The highest BCUT2D eigenvalue weighted by molar-refractivity contribution is 5.92. The van der Waals surface area contributed by atoms with E-state index in [1.165, 1.54) is 7.11 Å². The Bertz CT molecular complexity index is 848. The van der Waals surface area contributed by atoms with E-state index in [4.69, 9.17) is 9.47 Å². The third kappa shape index (κ3) is 3.97. The first kappa shape index (κ1) is 18.6. The lowest BCUT2D eigenvalue weighted by molar-refractivity contribution is 0.0600. The van der Waals surface area contributed by atoms with Crippen LogP contribution in [-0.4, -0.2) is 44.8 Å². The zero-order valence-electron chi connectivity index (χ0n) is 15.6. The molecule has 0 aliphatic carbocycles. The number of hydrogen-bond donors (Lipinski definition) is 1. The van der Waals surface area contributed by atoms with E-state index in [0.29, 0.717) is 35.8 Å². The van der Waals surface area contributed by atoms with Gasteiger partial charge in [-0.15, -0.1) is 0 Å². The number of rotatable bonds is 4. The van der Waals surface area contributed by atoms with Gasteiger partial charge in [-0.05, 0) is 53.9 Å². The molecule has 7 nitrogen and oxygen atoms in total. The number of carbonyl (C=O) groups excluding carboxylic acids is 2. The zero-order valence-corrected chi connectivity index (χ0v) is 15.6. The van der Waals surface area contributed by atoms with Crippen LogP contribution in [0.2, 0.25) is 0 Å². The summed E-state index contributed by atoms with van der Waals surface area (Å²) in [5.41, 5.74) is 3.24. The molecule has 1 heterocycles. The number of fused-ring (bicyclic) bond motifs is 1. The molecule has 0 atom stereocenters. The van der Waals surface area contributed by atoms with Gasteiger partial charge in [-0.25, -0.2) is 9.59 Å². The van der Waals surface area contributed by atoms with Gasteiger partial charge in [0, 0.05) is 18.8 Å². The highest BCUT2D eigenvalue weighted by Gasteiger charge is 2.23. The summed E-state index contributed by atoms with van der Waals surface area (Å²) in [5.74, 6) is 0.932. The van der Waals surface area contributed by atoms with Crippen LogP contribution in [0.15, 0.2) is 36.4 Å². The van der Waals surface area contributed by atoms with Crippen molar-refractivity contribution in [2.75, 3.05) is 33.2 Å². The Balaban J connectivity index is 1.69. The van der Waals surface area contributed by atoms with Gasteiger partial charge in [0.05, 0.1) is 26.9 Å². The van der Waals surface area contributed by atoms with Crippen LogP contribution in [0.25, 0.3) is 0 Å². The number of esters is 1. The van der Waals surface area contributed by atoms with Gasteiger partial charge in [0.15, 0.2) is 11.5 Å². The standard InChI is InChI=1S/C20H22N2O5/c1-25-17-10-14-8-9-22(12-15(14)11-18(17)26-2)20(24)21-16-6-4-13(5-7-16)19(23)27-3/h4-7,10-11H,8-9,12H2,1-3H3,(H,21,24). The Kier molecular flexibility index (Phi) is 5.49. The summed E-state index contributed by atoms with van der Waals surface area (Å²) in [6.45, 7) is 1.09. The average molecular weight is 370 g/mol. The molecule has 3 rings (SSSR count). The van der Waals surface area contributed by atoms with Crippen LogP contribution in [0.1, 0.15) is 21.5 Å². The van der Waals surface area contributed by atoms with E-state index in [0.717, 1.165) is 17.5 Å². The topological polar surface area (TPSA) is 77.1 Å². The Labute approximate surface area is 157 Å². The van der Waals surface area contributed by atoms with E-state index in [-0.39, 0.29) is 6.03 Å². The number of methoxy groups -OCH3 is 3. The molecule has 0 saturated heterocycles. The molecular weight excluding hydrogens is 348 g/mol. The van der Waals surface area contributed by atoms with Gasteiger partial charge in [0.2, 0.25) is 0 Å². The predicted octanol–water partition coefficient (Wildman–Crippen LogP) is 3.08. The van der Waals surface area contributed by atoms with E-state index in [9.17, 15) is 9.59 Å². The molecule has 1 aliphatic rings. The fourth-order valence-corrected chi connectivity index (χ4v) is 3.07. The first-order valence-corrected chi connectivity index (χ1v) is 8.53. The molecule has 0 fully saturated rings. The zero-order chi connectivity index (χ0) is 19.4. The minimum absolute atomic E-state index is 0.193. The van der Waals surface area contributed by atoms with Gasteiger partial charge in [0.1, 0.15) is 0 Å². The normalized spacial score (nSPS) is 12.8. The van der Waals surface area contributed by atoms with Crippen molar-refractivity contribution in [3.8, 4) is 11.5 Å². The number of carbonyl (C=O) groups is 2. The molecule has 1 N–H and O–H groups in total. The van der Waals surface area contributed by atoms with Crippen LogP contribution in [0, 0.1) is 0 Å². The summed E-state index contributed by atoms with van der Waals surface area (Å²) >= 11 is 0. The largest absolute Gasteiger partial charge is 0.493 e. The maximum atomic E-state index is 12.6. The molecule has 1 aliphatic heterocycles. The predicted molar refractivity (Wildman–Crippen MR) is 100 cm³/mol. The number of ether oxygens (including phenoxy) is 3. The Morgan fingerprint density at radius 1 is 0.963 bits per heavy atom. The van der Waals surface area contributed by atoms with Gasteiger partial charge < -0.3 is 24.4 Å². The summed E-state index contributed by atoms with van der Waals surface area (Å²) in [6, 6.07) is 10.3. The fourth-order valence-electron chi connectivity index (χ4n) is 3.07. The van der Waals surface area contributed by atoms with Crippen LogP contribution in [-0.2, 0) is 17.7 Å². The van der Waals surface area contributed by atoms with E-state index >= 15 is 0 Å². The summed E-state index contributed by atoms with van der Waals surface area (Å²) in [5, 5.41) is 2.86. The first-order valence-electron chi connectivity index (χ1n) is 8.53. The maximum Gasteiger partial charge on any atom is 0.337 e. The molecule has 0 aromatic heterocycles. The van der Waals surface area contributed by atoms with Crippen LogP contribution in [0.5, 0.6) is 11.5 Å². The Hall–Kier alpha value is -3.22. The van der Waals surface area contributed by atoms with Crippen LogP contribution >= 0.6 is 0 Å². The molecule has 0 bridgehead atoms. The second kappa shape index (κ2) is 7.99. The molecule has 2 aromatic rings. The van der Waals surface area contributed by atoms with Crippen molar-refractivity contribution in [1.82, 2.24) is 4.90 Å². The molecule has 2 aromatic carbocycles. The molecule has 0 saturated carbocycles. The van der Waals surface area contributed by atoms with E-state index in [1.807, 2.05) is 12.1 Å². The third-order valence-corrected chi connectivity index (χ3v) is 4.56. The number of anilines is 1. The molecule has 7 heteroatoms. The quantitative estimate of drug-likeness (QED) is 0.837. The van der Waals surface area contributed by atoms with E-state index in [1.54, 1.807) is 43.4 Å². The Morgan fingerprint density at radius 2 is 1.59 bits per heavy atom. The summed E-state index contributed by atoms with van der Waals surface area (Å²) in [7, 11) is 4.53. The number of amides is 2. The molecular formula is C20H22N2O5. The van der Waals surface area contributed by atoms with Gasteiger partial charge >= 0.3 is 12.0 Å². The van der Waals surface area contributed by atoms with Gasteiger partial charge in [0.25, 0.3) is 0 Å². The third-order valence-electron chi connectivity index (χ3n) is 4.56.